The van der Waals surface area contributed by atoms with Gasteiger partial charge in [-0.05, 0) is 37.1 Å². The average Bonchev–Trinajstić information content (AvgIpc) is 3.00. The van der Waals surface area contributed by atoms with E-state index in [0.717, 1.165) is 10.0 Å². The quantitative estimate of drug-likeness (QED) is 0.398. The highest BCUT2D eigenvalue weighted by atomic mass is 79.9. The van der Waals surface area contributed by atoms with E-state index in [1.165, 1.54) is 14.0 Å². The van der Waals surface area contributed by atoms with E-state index in [4.69, 9.17) is 4.74 Å². The van der Waals surface area contributed by atoms with Crippen molar-refractivity contribution in [1.29, 1.82) is 0 Å². The minimum Gasteiger partial charge on any atom is -0.465 e. The number of ether oxygens (including phenoxy) is 1. The van der Waals surface area contributed by atoms with Crippen molar-refractivity contribution < 1.29 is 23.9 Å². The Kier molecular flexibility index (Phi) is 7.93. The first-order chi connectivity index (χ1) is 14.1. The fraction of sp³-hybridized carbons (Fsp3) is 0.333. The van der Waals surface area contributed by atoms with Gasteiger partial charge in [-0.2, -0.15) is 0 Å². The molecule has 0 radical (unpaired) electrons. The van der Waals surface area contributed by atoms with Gasteiger partial charge in [0.1, 0.15) is 0 Å². The normalized spacial score (nSPS) is 10.4. The standard InChI is InChI=1S/C21H24BrN3O5/c1-11-5-6-14(22)9-15(11)24-17(27)7-8-23-18(28)10-16-19(21(29)30-4)12(2)20(25-16)13(3)26/h5-6,9,25H,7-8,10H2,1-4H3,(H,23,28)(H,24,27). The Labute approximate surface area is 182 Å². The summed E-state index contributed by atoms with van der Waals surface area (Å²) in [5, 5.41) is 5.45. The summed E-state index contributed by atoms with van der Waals surface area (Å²) in [4.78, 5) is 51.1. The number of aryl methyl sites for hydroxylation is 1. The summed E-state index contributed by atoms with van der Waals surface area (Å²) < 4.78 is 5.61. The molecule has 0 saturated carbocycles. The number of methoxy groups -OCH3 is 1. The van der Waals surface area contributed by atoms with E-state index in [-0.39, 0.29) is 48.2 Å². The number of nitrogens with one attached hydrogen (secondary N) is 3. The van der Waals surface area contributed by atoms with Crippen LogP contribution >= 0.6 is 15.9 Å². The third kappa shape index (κ3) is 5.79. The molecule has 3 N–H and O–H groups in total. The molecule has 0 unspecified atom stereocenters. The molecule has 2 rings (SSSR count). The van der Waals surface area contributed by atoms with E-state index in [9.17, 15) is 19.2 Å². The highest BCUT2D eigenvalue weighted by molar-refractivity contribution is 9.10. The van der Waals surface area contributed by atoms with E-state index in [1.807, 2.05) is 19.1 Å². The first kappa shape index (κ1) is 23.3. The Hall–Kier alpha value is -2.94. The number of aromatic nitrogens is 1. The summed E-state index contributed by atoms with van der Waals surface area (Å²) in [7, 11) is 1.23. The van der Waals surface area contributed by atoms with Crippen molar-refractivity contribution in [2.24, 2.45) is 0 Å². The smallest absolute Gasteiger partial charge is 0.339 e. The topological polar surface area (TPSA) is 117 Å². The number of hydrogen-bond acceptors (Lipinski definition) is 5. The number of ketones is 1. The van der Waals surface area contributed by atoms with Gasteiger partial charge in [0.25, 0.3) is 0 Å². The summed E-state index contributed by atoms with van der Waals surface area (Å²) >= 11 is 3.36. The number of halogens is 1. The molecule has 0 aliphatic carbocycles. The molecule has 2 aromatic rings. The van der Waals surface area contributed by atoms with Crippen LogP contribution in [0.2, 0.25) is 0 Å². The van der Waals surface area contributed by atoms with Gasteiger partial charge >= 0.3 is 5.97 Å². The molecule has 9 heteroatoms. The van der Waals surface area contributed by atoms with Crippen LogP contribution in [0, 0.1) is 13.8 Å². The van der Waals surface area contributed by atoms with E-state index in [2.05, 4.69) is 31.5 Å². The summed E-state index contributed by atoms with van der Waals surface area (Å²) in [5.41, 5.74) is 2.82. The first-order valence-corrected chi connectivity index (χ1v) is 10.1. The molecule has 0 atom stereocenters. The van der Waals surface area contributed by atoms with Crippen molar-refractivity contribution in [2.75, 3.05) is 19.0 Å². The lowest BCUT2D eigenvalue weighted by molar-refractivity contribution is -0.120. The molecule has 1 aromatic carbocycles. The number of H-pyrrole nitrogens is 1. The molecule has 1 heterocycles. The molecule has 0 saturated heterocycles. The zero-order valence-corrected chi connectivity index (χ0v) is 18.9. The van der Waals surface area contributed by atoms with Crippen LogP contribution in [0.5, 0.6) is 0 Å². The van der Waals surface area contributed by atoms with Gasteiger partial charge in [-0.25, -0.2) is 4.79 Å². The number of carbonyl (C=O) groups excluding carboxylic acids is 4. The molecule has 0 spiro atoms. The van der Waals surface area contributed by atoms with Crippen molar-refractivity contribution in [3.05, 3.63) is 50.8 Å². The molecule has 0 bridgehead atoms. The van der Waals surface area contributed by atoms with Crippen LogP contribution in [-0.4, -0.2) is 42.2 Å². The predicted octanol–water partition coefficient (Wildman–Crippen LogP) is 3.07. The lowest BCUT2D eigenvalue weighted by Crippen LogP contribution is -2.29. The second-order valence-corrected chi connectivity index (χ2v) is 7.73. The number of benzene rings is 1. The van der Waals surface area contributed by atoms with Crippen molar-refractivity contribution >= 4 is 45.2 Å². The van der Waals surface area contributed by atoms with Crippen LogP contribution < -0.4 is 10.6 Å². The van der Waals surface area contributed by atoms with Crippen LogP contribution in [0.1, 0.15) is 51.0 Å². The zero-order chi connectivity index (χ0) is 22.4. The SMILES string of the molecule is COC(=O)c1c(CC(=O)NCCC(=O)Nc2cc(Br)ccc2C)[nH]c(C(C)=O)c1C. The predicted molar refractivity (Wildman–Crippen MR) is 116 cm³/mol. The van der Waals surface area contributed by atoms with E-state index in [0.29, 0.717) is 16.9 Å². The Morgan fingerprint density at radius 1 is 1.13 bits per heavy atom. The lowest BCUT2D eigenvalue weighted by Gasteiger charge is -2.10. The van der Waals surface area contributed by atoms with Crippen LogP contribution in [0.4, 0.5) is 5.69 Å². The lowest BCUT2D eigenvalue weighted by atomic mass is 10.1. The zero-order valence-electron chi connectivity index (χ0n) is 17.3. The molecule has 0 aliphatic heterocycles. The monoisotopic (exact) mass is 477 g/mol. The summed E-state index contributed by atoms with van der Waals surface area (Å²) in [6.07, 6.45) is -0.0606. The van der Waals surface area contributed by atoms with Crippen LogP contribution in [0.3, 0.4) is 0 Å². The Morgan fingerprint density at radius 2 is 1.83 bits per heavy atom. The van der Waals surface area contributed by atoms with E-state index in [1.54, 1.807) is 13.0 Å². The van der Waals surface area contributed by atoms with Crippen molar-refractivity contribution in [3.63, 3.8) is 0 Å². The molecule has 8 nitrogen and oxygen atoms in total. The van der Waals surface area contributed by atoms with Crippen LogP contribution in [0.15, 0.2) is 22.7 Å². The Bertz CT molecular complexity index is 997. The third-order valence-electron chi connectivity index (χ3n) is 4.55. The van der Waals surface area contributed by atoms with Crippen LogP contribution in [0.25, 0.3) is 0 Å². The highest BCUT2D eigenvalue weighted by Crippen LogP contribution is 2.21. The van der Waals surface area contributed by atoms with E-state index < -0.39 is 5.97 Å². The van der Waals surface area contributed by atoms with Crippen molar-refractivity contribution in [1.82, 2.24) is 10.3 Å². The summed E-state index contributed by atoms with van der Waals surface area (Å²) in [5.74, 6) is -1.49. The molecule has 160 valence electrons. The maximum Gasteiger partial charge on any atom is 0.339 e. The van der Waals surface area contributed by atoms with Gasteiger partial charge < -0.3 is 20.4 Å². The maximum absolute atomic E-state index is 12.3. The Balaban J connectivity index is 1.95. The fourth-order valence-corrected chi connectivity index (χ4v) is 3.36. The van der Waals surface area contributed by atoms with Gasteiger partial charge in [-0.1, -0.05) is 22.0 Å². The van der Waals surface area contributed by atoms with E-state index >= 15 is 0 Å². The highest BCUT2D eigenvalue weighted by Gasteiger charge is 2.24. The number of anilines is 1. The van der Waals surface area contributed by atoms with Gasteiger partial charge in [0.2, 0.25) is 11.8 Å². The molecular formula is C21H24BrN3O5. The molecule has 30 heavy (non-hydrogen) atoms. The number of aromatic amines is 1. The Morgan fingerprint density at radius 3 is 2.47 bits per heavy atom. The molecular weight excluding hydrogens is 454 g/mol. The minimum atomic E-state index is -0.622. The largest absolute Gasteiger partial charge is 0.465 e. The van der Waals surface area contributed by atoms with Gasteiger partial charge in [0.05, 0.1) is 24.8 Å². The first-order valence-electron chi connectivity index (χ1n) is 9.27. The number of amides is 2. The maximum atomic E-state index is 12.3. The second-order valence-electron chi connectivity index (χ2n) is 6.81. The molecule has 0 aliphatic rings. The van der Waals surface area contributed by atoms with Crippen LogP contribution in [-0.2, 0) is 20.7 Å². The van der Waals surface area contributed by atoms with Crippen molar-refractivity contribution in [2.45, 2.75) is 33.6 Å². The van der Waals surface area contributed by atoms with Crippen molar-refractivity contribution in [3.8, 4) is 0 Å². The average molecular weight is 478 g/mol. The van der Waals surface area contributed by atoms with Gasteiger partial charge in [0, 0.05) is 35.7 Å². The number of esters is 1. The molecule has 0 fully saturated rings. The number of Topliss-reactive ketones (excluding diaryl/α,β-unsaturated/α-hetero) is 1. The van der Waals surface area contributed by atoms with Gasteiger partial charge in [-0.3, -0.25) is 14.4 Å². The number of rotatable bonds is 8. The fourth-order valence-electron chi connectivity index (χ4n) is 3.00. The number of carbonyl (C=O) groups is 4. The van der Waals surface area contributed by atoms with Gasteiger partial charge in [0.15, 0.2) is 5.78 Å². The minimum absolute atomic E-state index is 0.0873. The summed E-state index contributed by atoms with van der Waals surface area (Å²) in [6, 6.07) is 5.57. The van der Waals surface area contributed by atoms with Gasteiger partial charge in [-0.15, -0.1) is 0 Å². The molecule has 1 aromatic heterocycles. The summed E-state index contributed by atoms with van der Waals surface area (Å²) in [6.45, 7) is 5.01. The molecule has 2 amide bonds. The second kappa shape index (κ2) is 10.2. The number of hydrogen-bond donors (Lipinski definition) is 3. The third-order valence-corrected chi connectivity index (χ3v) is 5.05.